The van der Waals surface area contributed by atoms with Gasteiger partial charge in [-0.2, -0.15) is 0 Å². The Labute approximate surface area is 120 Å². The summed E-state index contributed by atoms with van der Waals surface area (Å²) in [6.07, 6.45) is 1.21. The summed E-state index contributed by atoms with van der Waals surface area (Å²) in [6.45, 7) is 3.66. The monoisotopic (exact) mass is 298 g/mol. The molecule has 0 aliphatic rings. The Morgan fingerprint density at radius 2 is 2.00 bits per heavy atom. The van der Waals surface area contributed by atoms with Gasteiger partial charge in [0.25, 0.3) is 0 Å². The number of hydrogen-bond donors (Lipinski definition) is 2. The van der Waals surface area contributed by atoms with Crippen LogP contribution in [0.4, 0.5) is 8.78 Å². The molecule has 1 aromatic carbocycles. The van der Waals surface area contributed by atoms with Gasteiger partial charge in [0.1, 0.15) is 17.5 Å². The number of aromatic amines is 1. The molecule has 3 N–H and O–H groups in total. The molecule has 2 rings (SSSR count). The Morgan fingerprint density at radius 1 is 1.35 bits per heavy atom. The molecule has 0 saturated heterocycles. The molecule has 0 aliphatic heterocycles. The SMILES string of the molecule is CCC(N)Cc1cc(F)c(Sc2n[nH]c(C)n2)c(F)c1. The summed E-state index contributed by atoms with van der Waals surface area (Å²) in [4.78, 5) is 3.92. The van der Waals surface area contributed by atoms with Gasteiger partial charge < -0.3 is 5.73 Å². The second kappa shape index (κ2) is 6.32. The third kappa shape index (κ3) is 3.55. The molecule has 0 saturated carbocycles. The number of hydrogen-bond acceptors (Lipinski definition) is 4. The van der Waals surface area contributed by atoms with E-state index in [0.29, 0.717) is 23.0 Å². The lowest BCUT2D eigenvalue weighted by Gasteiger charge is -2.10. The standard InChI is InChI=1S/C13H16F2N4S/c1-3-9(16)4-8-5-10(14)12(11(15)6-8)20-13-17-7(2)18-19-13/h5-6,9H,3-4,16H2,1-2H3,(H,17,18,19). The normalized spacial score (nSPS) is 12.7. The minimum absolute atomic E-state index is 0.0945. The maximum absolute atomic E-state index is 14.0. The molecule has 4 nitrogen and oxygen atoms in total. The van der Waals surface area contributed by atoms with Crippen LogP contribution in [0.1, 0.15) is 24.7 Å². The lowest BCUT2D eigenvalue weighted by molar-refractivity contribution is 0.533. The first-order valence-corrected chi connectivity index (χ1v) is 7.11. The first kappa shape index (κ1) is 14.9. The van der Waals surface area contributed by atoms with Gasteiger partial charge in [0.2, 0.25) is 5.16 Å². The van der Waals surface area contributed by atoms with Gasteiger partial charge in [-0.15, -0.1) is 5.10 Å². The Kier molecular flexibility index (Phi) is 4.72. The largest absolute Gasteiger partial charge is 0.327 e. The van der Waals surface area contributed by atoms with Crippen LogP contribution >= 0.6 is 11.8 Å². The van der Waals surface area contributed by atoms with Crippen molar-refractivity contribution in [1.82, 2.24) is 15.2 Å². The summed E-state index contributed by atoms with van der Waals surface area (Å²) in [7, 11) is 0. The minimum atomic E-state index is -0.615. The third-order valence-electron chi connectivity index (χ3n) is 2.85. The van der Waals surface area contributed by atoms with Crippen LogP contribution in [-0.2, 0) is 6.42 Å². The van der Waals surface area contributed by atoms with Crippen LogP contribution in [0.25, 0.3) is 0 Å². The van der Waals surface area contributed by atoms with Crippen LogP contribution in [0.15, 0.2) is 22.2 Å². The molecule has 1 atom stereocenters. The number of halogens is 2. The number of rotatable bonds is 5. The lowest BCUT2D eigenvalue weighted by Crippen LogP contribution is -2.21. The van der Waals surface area contributed by atoms with Crippen molar-refractivity contribution in [2.24, 2.45) is 5.73 Å². The maximum atomic E-state index is 14.0. The van der Waals surface area contributed by atoms with Crippen molar-refractivity contribution >= 4 is 11.8 Å². The van der Waals surface area contributed by atoms with Crippen molar-refractivity contribution in [1.29, 1.82) is 0 Å². The molecule has 20 heavy (non-hydrogen) atoms. The van der Waals surface area contributed by atoms with E-state index in [1.807, 2.05) is 6.92 Å². The topological polar surface area (TPSA) is 67.6 Å². The van der Waals surface area contributed by atoms with Crippen molar-refractivity contribution in [3.05, 3.63) is 35.2 Å². The van der Waals surface area contributed by atoms with Gasteiger partial charge in [0, 0.05) is 6.04 Å². The summed E-state index contributed by atoms with van der Waals surface area (Å²) < 4.78 is 28.0. The van der Waals surface area contributed by atoms with Crippen LogP contribution in [0.5, 0.6) is 0 Å². The molecule has 0 bridgehead atoms. The zero-order valence-corrected chi connectivity index (χ0v) is 12.1. The van der Waals surface area contributed by atoms with Gasteiger partial charge in [0.15, 0.2) is 0 Å². The number of nitrogens with zero attached hydrogens (tertiary/aromatic N) is 2. The summed E-state index contributed by atoms with van der Waals surface area (Å²) in [5.41, 5.74) is 6.36. The molecule has 7 heteroatoms. The quantitative estimate of drug-likeness (QED) is 0.890. The Balaban J connectivity index is 2.22. The minimum Gasteiger partial charge on any atom is -0.327 e. The second-order valence-electron chi connectivity index (χ2n) is 4.57. The predicted octanol–water partition coefficient (Wildman–Crippen LogP) is 2.82. The molecule has 1 unspecified atom stereocenters. The van der Waals surface area contributed by atoms with Gasteiger partial charge in [-0.1, -0.05) is 6.92 Å². The number of benzene rings is 1. The highest BCUT2D eigenvalue weighted by atomic mass is 32.2. The van der Waals surface area contributed by atoms with Gasteiger partial charge in [0.05, 0.1) is 4.90 Å². The maximum Gasteiger partial charge on any atom is 0.213 e. The Hall–Kier alpha value is -1.47. The molecule has 0 spiro atoms. The first-order valence-electron chi connectivity index (χ1n) is 6.30. The summed E-state index contributed by atoms with van der Waals surface area (Å²) in [5.74, 6) is -0.634. The molecule has 2 aromatic rings. The Morgan fingerprint density at radius 3 is 2.50 bits per heavy atom. The molecule has 0 aliphatic carbocycles. The smallest absolute Gasteiger partial charge is 0.213 e. The summed E-state index contributed by atoms with van der Waals surface area (Å²) in [5, 5.41) is 6.77. The van der Waals surface area contributed by atoms with E-state index in [9.17, 15) is 8.78 Å². The van der Waals surface area contributed by atoms with Crippen LogP contribution < -0.4 is 5.73 Å². The molecule has 1 heterocycles. The van der Waals surface area contributed by atoms with E-state index < -0.39 is 11.6 Å². The van der Waals surface area contributed by atoms with Crippen molar-refractivity contribution in [3.63, 3.8) is 0 Å². The van der Waals surface area contributed by atoms with Gasteiger partial charge in [-0.25, -0.2) is 13.8 Å². The molecular weight excluding hydrogens is 282 g/mol. The van der Waals surface area contributed by atoms with Gasteiger partial charge >= 0.3 is 0 Å². The van der Waals surface area contributed by atoms with Crippen molar-refractivity contribution in [3.8, 4) is 0 Å². The Bertz CT molecular complexity index is 577. The van der Waals surface area contributed by atoms with E-state index in [1.165, 1.54) is 12.1 Å². The van der Waals surface area contributed by atoms with Gasteiger partial charge in [-0.05, 0) is 49.2 Å². The average molecular weight is 298 g/mol. The molecule has 0 radical (unpaired) electrons. The molecule has 0 amide bonds. The van der Waals surface area contributed by atoms with E-state index in [-0.39, 0.29) is 10.9 Å². The fraction of sp³-hybridized carbons (Fsp3) is 0.385. The van der Waals surface area contributed by atoms with Crippen molar-refractivity contribution in [2.75, 3.05) is 0 Å². The number of H-pyrrole nitrogens is 1. The fourth-order valence-electron chi connectivity index (χ4n) is 1.73. The molecular formula is C13H16F2N4S. The number of nitrogens with two attached hydrogens (primary N) is 1. The van der Waals surface area contributed by atoms with Crippen molar-refractivity contribution in [2.45, 2.75) is 42.8 Å². The lowest BCUT2D eigenvalue weighted by atomic mass is 10.0. The zero-order chi connectivity index (χ0) is 14.7. The second-order valence-corrected chi connectivity index (χ2v) is 5.54. The molecule has 108 valence electrons. The first-order chi connectivity index (χ1) is 9.49. The molecule has 1 aromatic heterocycles. The van der Waals surface area contributed by atoms with E-state index >= 15 is 0 Å². The average Bonchev–Trinajstić information content (AvgIpc) is 2.79. The van der Waals surface area contributed by atoms with Crippen LogP contribution in [-0.4, -0.2) is 21.2 Å². The van der Waals surface area contributed by atoms with Crippen molar-refractivity contribution < 1.29 is 8.78 Å². The van der Waals surface area contributed by atoms with E-state index in [2.05, 4.69) is 15.2 Å². The van der Waals surface area contributed by atoms with Crippen LogP contribution in [0, 0.1) is 18.6 Å². The van der Waals surface area contributed by atoms with E-state index in [0.717, 1.165) is 18.2 Å². The summed E-state index contributed by atoms with van der Waals surface area (Å²) >= 11 is 0.860. The van der Waals surface area contributed by atoms with Crippen LogP contribution in [0.3, 0.4) is 0 Å². The van der Waals surface area contributed by atoms with Gasteiger partial charge in [-0.3, -0.25) is 5.10 Å². The number of nitrogens with one attached hydrogen (secondary N) is 1. The molecule has 0 fully saturated rings. The fourth-order valence-corrected chi connectivity index (χ4v) is 2.50. The zero-order valence-electron chi connectivity index (χ0n) is 11.3. The number of aryl methyl sites for hydroxylation is 1. The highest BCUT2D eigenvalue weighted by Gasteiger charge is 2.15. The van der Waals surface area contributed by atoms with E-state index in [4.69, 9.17) is 5.73 Å². The number of aromatic nitrogens is 3. The van der Waals surface area contributed by atoms with Crippen LogP contribution in [0.2, 0.25) is 0 Å². The summed E-state index contributed by atoms with van der Waals surface area (Å²) in [6, 6.07) is 2.55. The third-order valence-corrected chi connectivity index (χ3v) is 3.81. The van der Waals surface area contributed by atoms with E-state index in [1.54, 1.807) is 6.92 Å². The highest BCUT2D eigenvalue weighted by molar-refractivity contribution is 7.99. The highest BCUT2D eigenvalue weighted by Crippen LogP contribution is 2.30. The predicted molar refractivity (Wildman–Crippen MR) is 73.6 cm³/mol.